The molecule has 0 saturated carbocycles. The second-order valence-electron chi connectivity index (χ2n) is 10.5. The molecule has 0 spiro atoms. The van der Waals surface area contributed by atoms with Crippen molar-refractivity contribution < 1.29 is 23.8 Å². The molecule has 0 unspecified atom stereocenters. The van der Waals surface area contributed by atoms with Crippen molar-refractivity contribution in [2.45, 2.75) is 66.2 Å². The summed E-state index contributed by atoms with van der Waals surface area (Å²) < 4.78 is 22.5. The van der Waals surface area contributed by atoms with Gasteiger partial charge in [0.2, 0.25) is 0 Å². The van der Waals surface area contributed by atoms with Crippen LogP contribution in [0.1, 0.15) is 78.0 Å². The van der Waals surface area contributed by atoms with E-state index in [0.29, 0.717) is 17.0 Å². The number of nitrogens with zero attached hydrogens (tertiary/aromatic N) is 1. The van der Waals surface area contributed by atoms with E-state index >= 15 is 4.39 Å². The fourth-order valence-corrected chi connectivity index (χ4v) is 4.97. The number of fused-ring (bicyclic) bond motifs is 1. The van der Waals surface area contributed by atoms with Crippen LogP contribution >= 0.6 is 11.6 Å². The highest BCUT2D eigenvalue weighted by Crippen LogP contribution is 2.33. The van der Waals surface area contributed by atoms with Gasteiger partial charge in [-0.2, -0.15) is 0 Å². The van der Waals surface area contributed by atoms with Crippen LogP contribution in [0.2, 0.25) is 5.02 Å². The van der Waals surface area contributed by atoms with Crippen molar-refractivity contribution in [2.75, 3.05) is 0 Å². The molecule has 0 aliphatic rings. The molecule has 2 atom stereocenters. The van der Waals surface area contributed by atoms with Crippen molar-refractivity contribution in [2.24, 2.45) is 0 Å². The fourth-order valence-electron chi connectivity index (χ4n) is 4.74. The SMILES string of the molecule is Cc1c(C)n(Cc2ccc(O[C@@H](C)C(=O)O)c(Cl)c2F)c2ccc(C(=O)N[C@@H](C)c3cccc(C(C)C)c3)cc12. The van der Waals surface area contributed by atoms with Gasteiger partial charge in [0, 0.05) is 27.7 Å². The van der Waals surface area contributed by atoms with Crippen LogP contribution in [0, 0.1) is 19.7 Å². The summed E-state index contributed by atoms with van der Waals surface area (Å²) in [5, 5.41) is 12.8. The van der Waals surface area contributed by atoms with Crippen LogP contribution in [0.4, 0.5) is 4.39 Å². The van der Waals surface area contributed by atoms with Crippen molar-refractivity contribution in [1.29, 1.82) is 0 Å². The van der Waals surface area contributed by atoms with E-state index in [1.165, 1.54) is 18.6 Å². The van der Waals surface area contributed by atoms with E-state index in [2.05, 4.69) is 31.3 Å². The number of amides is 1. The minimum Gasteiger partial charge on any atom is -0.479 e. The van der Waals surface area contributed by atoms with Gasteiger partial charge >= 0.3 is 5.97 Å². The van der Waals surface area contributed by atoms with Crippen LogP contribution in [0.25, 0.3) is 10.9 Å². The van der Waals surface area contributed by atoms with Gasteiger partial charge in [-0.25, -0.2) is 9.18 Å². The standard InChI is InChI=1S/C32H34ClFN2O4/c1-17(2)22-8-7-9-23(14-22)19(4)35-31(37)24-10-12-27-26(15-24)18(3)20(5)36(27)16-25-11-13-28(29(33)30(25)34)40-21(6)32(38)39/h7-15,17,19,21H,16H2,1-6H3,(H,35,37)(H,38,39)/t19-,21-/m0/s1. The molecule has 6 nitrogen and oxygen atoms in total. The quantitative estimate of drug-likeness (QED) is 0.220. The number of aryl methyl sites for hydroxylation is 1. The summed E-state index contributed by atoms with van der Waals surface area (Å²) >= 11 is 6.20. The van der Waals surface area contributed by atoms with Gasteiger partial charge < -0.3 is 19.7 Å². The molecule has 8 heteroatoms. The Bertz CT molecular complexity index is 1590. The normalized spacial score (nSPS) is 12.9. The van der Waals surface area contributed by atoms with E-state index in [1.54, 1.807) is 12.1 Å². The van der Waals surface area contributed by atoms with Crippen LogP contribution in [0.3, 0.4) is 0 Å². The minimum absolute atomic E-state index is 0.0242. The predicted octanol–water partition coefficient (Wildman–Crippen LogP) is 7.57. The summed E-state index contributed by atoms with van der Waals surface area (Å²) in [6.07, 6.45) is -1.17. The van der Waals surface area contributed by atoms with Gasteiger partial charge in [-0.1, -0.05) is 55.8 Å². The molecule has 40 heavy (non-hydrogen) atoms. The number of aromatic nitrogens is 1. The zero-order chi connectivity index (χ0) is 29.3. The van der Waals surface area contributed by atoms with E-state index in [0.717, 1.165) is 27.7 Å². The maximum atomic E-state index is 15.2. The number of nitrogens with one attached hydrogen (secondary N) is 1. The zero-order valence-corrected chi connectivity index (χ0v) is 24.3. The summed E-state index contributed by atoms with van der Waals surface area (Å²) in [5.41, 5.74) is 5.93. The molecule has 4 rings (SSSR count). The molecule has 0 saturated heterocycles. The maximum Gasteiger partial charge on any atom is 0.344 e. The number of hydrogen-bond donors (Lipinski definition) is 2. The number of hydrogen-bond acceptors (Lipinski definition) is 3. The highest BCUT2D eigenvalue weighted by molar-refractivity contribution is 6.32. The largest absolute Gasteiger partial charge is 0.479 e. The van der Waals surface area contributed by atoms with E-state index < -0.39 is 17.9 Å². The second kappa shape index (κ2) is 11.7. The molecule has 1 aromatic heterocycles. The highest BCUT2D eigenvalue weighted by atomic mass is 35.5. The minimum atomic E-state index is -1.17. The number of aliphatic carboxylic acids is 1. The van der Waals surface area contributed by atoms with Crippen molar-refractivity contribution in [3.8, 4) is 5.75 Å². The third-order valence-corrected chi connectivity index (χ3v) is 7.79. The van der Waals surface area contributed by atoms with Gasteiger partial charge in [-0.05, 0) is 74.6 Å². The number of halogens is 2. The number of rotatable bonds is 9. The van der Waals surface area contributed by atoms with E-state index in [-0.39, 0.29) is 29.3 Å². The van der Waals surface area contributed by atoms with Gasteiger partial charge in [-0.15, -0.1) is 0 Å². The lowest BCUT2D eigenvalue weighted by atomic mass is 9.98. The Kier molecular flexibility index (Phi) is 8.54. The summed E-state index contributed by atoms with van der Waals surface area (Å²) in [7, 11) is 0. The lowest BCUT2D eigenvalue weighted by Gasteiger charge is -2.17. The lowest BCUT2D eigenvalue weighted by molar-refractivity contribution is -0.144. The van der Waals surface area contributed by atoms with E-state index in [9.17, 15) is 9.59 Å². The van der Waals surface area contributed by atoms with Gasteiger partial charge in [0.1, 0.15) is 10.8 Å². The average molecular weight is 565 g/mol. The fraction of sp³-hybridized carbons (Fsp3) is 0.312. The van der Waals surface area contributed by atoms with Crippen molar-refractivity contribution >= 4 is 34.4 Å². The molecule has 3 aromatic carbocycles. The van der Waals surface area contributed by atoms with Gasteiger partial charge in [0.25, 0.3) is 5.91 Å². The molecule has 1 heterocycles. The Balaban J connectivity index is 1.59. The Morgan fingerprint density at radius 1 is 1.02 bits per heavy atom. The highest BCUT2D eigenvalue weighted by Gasteiger charge is 2.21. The summed E-state index contributed by atoms with van der Waals surface area (Å²) in [6, 6.07) is 16.6. The second-order valence-corrected chi connectivity index (χ2v) is 10.9. The summed E-state index contributed by atoms with van der Waals surface area (Å²) in [6.45, 7) is 11.7. The lowest BCUT2D eigenvalue weighted by Crippen LogP contribution is -2.26. The van der Waals surface area contributed by atoms with Crippen LogP contribution in [0.15, 0.2) is 54.6 Å². The first-order valence-electron chi connectivity index (χ1n) is 13.3. The molecule has 2 N–H and O–H groups in total. The van der Waals surface area contributed by atoms with Crippen LogP contribution in [-0.4, -0.2) is 27.7 Å². The van der Waals surface area contributed by atoms with Gasteiger partial charge in [0.05, 0.1) is 12.6 Å². The van der Waals surface area contributed by atoms with Crippen LogP contribution < -0.4 is 10.1 Å². The Hall–Kier alpha value is -3.84. The number of carbonyl (C=O) groups excluding carboxylic acids is 1. The maximum absolute atomic E-state index is 15.2. The molecule has 0 aliphatic heterocycles. The molecule has 0 aliphatic carbocycles. The third kappa shape index (κ3) is 5.85. The number of carboxylic acid groups (broad SMARTS) is 1. The topological polar surface area (TPSA) is 80.6 Å². The number of carboxylic acids is 1. The average Bonchev–Trinajstić information content (AvgIpc) is 3.16. The number of ether oxygens (including phenoxy) is 1. The first-order valence-corrected chi connectivity index (χ1v) is 13.6. The van der Waals surface area contributed by atoms with Gasteiger partial charge in [-0.3, -0.25) is 4.79 Å². The molecule has 0 radical (unpaired) electrons. The van der Waals surface area contributed by atoms with Gasteiger partial charge in [0.15, 0.2) is 11.9 Å². The third-order valence-electron chi connectivity index (χ3n) is 7.43. The monoisotopic (exact) mass is 564 g/mol. The predicted molar refractivity (Wildman–Crippen MR) is 156 cm³/mol. The molecular formula is C32H34ClFN2O4. The number of benzene rings is 3. The van der Waals surface area contributed by atoms with Crippen molar-refractivity contribution in [1.82, 2.24) is 9.88 Å². The summed E-state index contributed by atoms with van der Waals surface area (Å²) in [4.78, 5) is 24.3. The molecular weight excluding hydrogens is 531 g/mol. The Labute approximate surface area is 238 Å². The molecule has 210 valence electrons. The first-order chi connectivity index (χ1) is 18.9. The van der Waals surface area contributed by atoms with Crippen LogP contribution in [0.5, 0.6) is 5.75 Å². The molecule has 1 amide bonds. The first kappa shape index (κ1) is 29.2. The Morgan fingerprint density at radius 2 is 1.73 bits per heavy atom. The van der Waals surface area contributed by atoms with E-state index in [1.807, 2.05) is 49.6 Å². The molecule has 0 fully saturated rings. The number of carbonyl (C=O) groups is 2. The molecule has 0 bridgehead atoms. The van der Waals surface area contributed by atoms with Crippen LogP contribution in [-0.2, 0) is 11.3 Å². The smallest absolute Gasteiger partial charge is 0.344 e. The Morgan fingerprint density at radius 3 is 2.40 bits per heavy atom. The van der Waals surface area contributed by atoms with Crippen molar-refractivity contribution in [3.63, 3.8) is 0 Å². The van der Waals surface area contributed by atoms with E-state index in [4.69, 9.17) is 21.4 Å². The summed E-state index contributed by atoms with van der Waals surface area (Å²) in [5.74, 6) is -1.63. The zero-order valence-electron chi connectivity index (χ0n) is 23.5. The van der Waals surface area contributed by atoms with Crippen molar-refractivity contribution in [3.05, 3.63) is 98.9 Å². The molecule has 4 aromatic rings.